The maximum absolute atomic E-state index is 12.2. The second-order valence-electron chi connectivity index (χ2n) is 2.53. The van der Waals surface area contributed by atoms with Gasteiger partial charge < -0.3 is 0 Å². The van der Waals surface area contributed by atoms with Gasteiger partial charge in [0.25, 0.3) is 0 Å². The largest absolute Gasteiger partial charge is 0.416 e. The maximum Gasteiger partial charge on any atom is 0.416 e. The molecule has 5 heteroatoms. The van der Waals surface area contributed by atoms with Crippen molar-refractivity contribution in [2.24, 2.45) is 0 Å². The minimum Gasteiger partial charge on any atom is -0.166 e. The predicted molar refractivity (Wildman–Crippen MR) is 59.3 cm³/mol. The van der Waals surface area contributed by atoms with Crippen LogP contribution in [0.2, 0.25) is 0 Å². The lowest BCUT2D eigenvalue weighted by molar-refractivity contribution is -0.137. The summed E-state index contributed by atoms with van der Waals surface area (Å²) in [5, 5.41) is 0.430. The second-order valence-corrected chi connectivity index (χ2v) is 3.56. The van der Waals surface area contributed by atoms with Crippen LogP contribution < -0.4 is 0 Å². The van der Waals surface area contributed by atoms with Crippen LogP contribution in [0.4, 0.5) is 13.2 Å². The molecule has 0 unspecified atom stereocenters. The summed E-state index contributed by atoms with van der Waals surface area (Å²) in [4.78, 5) is 0. The second kappa shape index (κ2) is 4.53. The zero-order valence-corrected chi connectivity index (χ0v) is 9.69. The Morgan fingerprint density at radius 2 is 1.71 bits per heavy atom. The van der Waals surface area contributed by atoms with Crippen molar-refractivity contribution in [3.63, 3.8) is 0 Å². The van der Waals surface area contributed by atoms with E-state index >= 15 is 0 Å². The molecule has 0 fully saturated rings. The molecule has 0 heterocycles. The number of halogens is 5. The van der Waals surface area contributed by atoms with Gasteiger partial charge in [0.2, 0.25) is 0 Å². The van der Waals surface area contributed by atoms with E-state index in [4.69, 9.17) is 11.6 Å². The summed E-state index contributed by atoms with van der Waals surface area (Å²) in [5.74, 6) is 0. The topological polar surface area (TPSA) is 0 Å². The van der Waals surface area contributed by atoms with Crippen molar-refractivity contribution in [1.29, 1.82) is 0 Å². The molecule has 0 spiro atoms. The van der Waals surface area contributed by atoms with Crippen molar-refractivity contribution in [2.75, 3.05) is 0 Å². The van der Waals surface area contributed by atoms with E-state index in [-0.39, 0.29) is 0 Å². The third kappa shape index (κ3) is 2.88. The first-order valence-electron chi connectivity index (χ1n) is 3.58. The van der Waals surface area contributed by atoms with Crippen LogP contribution in [-0.4, -0.2) is 0 Å². The molecule has 14 heavy (non-hydrogen) atoms. The SMILES string of the molecule is FC(F)(F)c1ccc(/C(Cl)=C\I)cc1. The number of benzene rings is 1. The summed E-state index contributed by atoms with van der Waals surface area (Å²) in [5.41, 5.74) is -0.0896. The van der Waals surface area contributed by atoms with E-state index in [2.05, 4.69) is 0 Å². The summed E-state index contributed by atoms with van der Waals surface area (Å²) in [6.45, 7) is 0. The van der Waals surface area contributed by atoms with Crippen molar-refractivity contribution in [3.8, 4) is 0 Å². The van der Waals surface area contributed by atoms with Crippen LogP contribution >= 0.6 is 34.2 Å². The first-order chi connectivity index (χ1) is 6.45. The van der Waals surface area contributed by atoms with Gasteiger partial charge in [-0.3, -0.25) is 0 Å². The Morgan fingerprint density at radius 1 is 1.21 bits per heavy atom. The van der Waals surface area contributed by atoms with Crippen molar-refractivity contribution >= 4 is 39.2 Å². The molecule has 0 bridgehead atoms. The van der Waals surface area contributed by atoms with Crippen LogP contribution in [0.5, 0.6) is 0 Å². The zero-order valence-electron chi connectivity index (χ0n) is 6.78. The van der Waals surface area contributed by atoms with E-state index < -0.39 is 11.7 Å². The number of alkyl halides is 3. The molecule has 76 valence electrons. The Bertz CT molecular complexity index is 340. The van der Waals surface area contributed by atoms with E-state index in [9.17, 15) is 13.2 Å². The maximum atomic E-state index is 12.2. The van der Waals surface area contributed by atoms with Gasteiger partial charge in [0, 0.05) is 0 Å². The van der Waals surface area contributed by atoms with Crippen LogP contribution in [-0.2, 0) is 6.18 Å². The Balaban J connectivity index is 3.01. The van der Waals surface area contributed by atoms with E-state index in [0.29, 0.717) is 10.6 Å². The molecule has 0 nitrogen and oxygen atoms in total. The summed E-state index contributed by atoms with van der Waals surface area (Å²) >= 11 is 7.66. The molecule has 0 amide bonds. The molecular formula is C9H5ClF3I. The fraction of sp³-hybridized carbons (Fsp3) is 0.111. The first-order valence-corrected chi connectivity index (χ1v) is 5.21. The van der Waals surface area contributed by atoms with Gasteiger partial charge in [-0.05, 0) is 21.8 Å². The molecule has 0 aliphatic rings. The molecule has 1 aromatic carbocycles. The average Bonchev–Trinajstić information content (AvgIpc) is 2.15. The van der Waals surface area contributed by atoms with Gasteiger partial charge in [0.15, 0.2) is 0 Å². The summed E-state index contributed by atoms with van der Waals surface area (Å²) in [6, 6.07) is 4.72. The van der Waals surface area contributed by atoms with Crippen molar-refractivity contribution in [2.45, 2.75) is 6.18 Å². The predicted octanol–water partition coefficient (Wildman–Crippen LogP) is 4.68. The molecule has 0 aliphatic heterocycles. The van der Waals surface area contributed by atoms with Crippen molar-refractivity contribution in [1.82, 2.24) is 0 Å². The Kier molecular flexibility index (Phi) is 3.83. The van der Waals surface area contributed by atoms with E-state index in [0.717, 1.165) is 12.1 Å². The lowest BCUT2D eigenvalue weighted by atomic mass is 10.1. The van der Waals surface area contributed by atoms with Gasteiger partial charge in [-0.25, -0.2) is 0 Å². The molecule has 0 atom stereocenters. The minimum absolute atomic E-state index is 0.430. The lowest BCUT2D eigenvalue weighted by Gasteiger charge is -2.06. The Labute approximate surface area is 97.9 Å². The molecule has 0 radical (unpaired) electrons. The fourth-order valence-corrected chi connectivity index (χ4v) is 1.37. The van der Waals surface area contributed by atoms with Gasteiger partial charge in [-0.2, -0.15) is 13.2 Å². The summed E-state index contributed by atoms with van der Waals surface area (Å²) < 4.78 is 38.1. The monoisotopic (exact) mass is 332 g/mol. The minimum atomic E-state index is -4.29. The highest BCUT2D eigenvalue weighted by Gasteiger charge is 2.29. The van der Waals surface area contributed by atoms with Gasteiger partial charge in [-0.1, -0.05) is 46.3 Å². The first kappa shape index (κ1) is 11.8. The van der Waals surface area contributed by atoms with E-state index in [1.165, 1.54) is 12.1 Å². The third-order valence-corrected chi connectivity index (χ3v) is 2.90. The highest BCUT2D eigenvalue weighted by atomic mass is 127. The number of hydrogen-bond acceptors (Lipinski definition) is 0. The summed E-state index contributed by atoms with van der Waals surface area (Å²) in [7, 11) is 0. The zero-order chi connectivity index (χ0) is 10.8. The Morgan fingerprint density at radius 3 is 2.07 bits per heavy atom. The molecule has 1 rings (SSSR count). The van der Waals surface area contributed by atoms with Gasteiger partial charge in [0.1, 0.15) is 0 Å². The molecule has 0 saturated carbocycles. The summed E-state index contributed by atoms with van der Waals surface area (Å²) in [6.07, 6.45) is -4.29. The molecular weight excluding hydrogens is 327 g/mol. The van der Waals surface area contributed by atoms with Crippen LogP contribution in [0.3, 0.4) is 0 Å². The molecule has 1 aromatic rings. The van der Waals surface area contributed by atoms with E-state index in [1.54, 1.807) is 4.08 Å². The van der Waals surface area contributed by atoms with Crippen LogP contribution in [0.25, 0.3) is 5.03 Å². The van der Waals surface area contributed by atoms with Crippen molar-refractivity contribution < 1.29 is 13.2 Å². The normalized spacial score (nSPS) is 13.1. The quantitative estimate of drug-likeness (QED) is 0.655. The van der Waals surface area contributed by atoms with Crippen molar-refractivity contribution in [3.05, 3.63) is 39.5 Å². The molecule has 0 aromatic heterocycles. The smallest absolute Gasteiger partial charge is 0.166 e. The highest BCUT2D eigenvalue weighted by Crippen LogP contribution is 2.30. The van der Waals surface area contributed by atoms with Crippen LogP contribution in [0, 0.1) is 0 Å². The number of hydrogen-bond donors (Lipinski definition) is 0. The van der Waals surface area contributed by atoms with Gasteiger partial charge in [-0.15, -0.1) is 0 Å². The molecule has 0 aliphatic carbocycles. The molecule has 0 saturated heterocycles. The van der Waals surface area contributed by atoms with E-state index in [1.807, 2.05) is 22.6 Å². The van der Waals surface area contributed by atoms with Gasteiger partial charge >= 0.3 is 6.18 Å². The average molecular weight is 332 g/mol. The lowest BCUT2D eigenvalue weighted by Crippen LogP contribution is -2.04. The van der Waals surface area contributed by atoms with Gasteiger partial charge in [0.05, 0.1) is 10.6 Å². The third-order valence-electron chi connectivity index (χ3n) is 1.58. The Hall–Kier alpha value is -0.230. The fourth-order valence-electron chi connectivity index (χ4n) is 0.881. The molecule has 0 N–H and O–H groups in total. The number of rotatable bonds is 1. The van der Waals surface area contributed by atoms with Crippen LogP contribution in [0.15, 0.2) is 28.3 Å². The standard InChI is InChI=1S/C9H5ClF3I/c10-8(5-14)6-1-3-7(4-2-6)9(11,12)13/h1-5H/b8-5+. The van der Waals surface area contributed by atoms with Crippen LogP contribution in [0.1, 0.15) is 11.1 Å². The highest BCUT2D eigenvalue weighted by molar-refractivity contribution is 14.1.